The van der Waals surface area contributed by atoms with Crippen molar-refractivity contribution < 1.29 is 22.3 Å². The van der Waals surface area contributed by atoms with Gasteiger partial charge >= 0.3 is 0 Å². The third kappa shape index (κ3) is 4.39. The lowest BCUT2D eigenvalue weighted by atomic mass is 9.97. The largest absolute Gasteiger partial charge is 0.486 e. The van der Waals surface area contributed by atoms with Crippen molar-refractivity contribution in [2.24, 2.45) is 5.92 Å². The van der Waals surface area contributed by atoms with Crippen LogP contribution in [0.5, 0.6) is 11.5 Å². The van der Waals surface area contributed by atoms with E-state index >= 15 is 0 Å². The number of pyridine rings is 1. The third-order valence-electron chi connectivity index (χ3n) is 5.90. The highest BCUT2D eigenvalue weighted by molar-refractivity contribution is 7.89. The topological polar surface area (TPSA) is 93.9 Å². The number of furan rings is 1. The molecule has 8 nitrogen and oxygen atoms in total. The summed E-state index contributed by atoms with van der Waals surface area (Å²) in [5.41, 5.74) is 0.789. The third-order valence-corrected chi connectivity index (χ3v) is 7.24. The van der Waals surface area contributed by atoms with E-state index in [9.17, 15) is 8.42 Å². The van der Waals surface area contributed by atoms with Gasteiger partial charge in [-0.2, -0.15) is 0 Å². The number of hydrogen-bond donors (Lipinski definition) is 1. The lowest BCUT2D eigenvalue weighted by Gasteiger charge is -2.35. The molecule has 0 unspecified atom stereocenters. The van der Waals surface area contributed by atoms with E-state index in [4.69, 9.17) is 13.9 Å². The second-order valence-corrected chi connectivity index (χ2v) is 9.75. The van der Waals surface area contributed by atoms with Crippen LogP contribution in [0.15, 0.2) is 58.3 Å². The van der Waals surface area contributed by atoms with Gasteiger partial charge in [0.2, 0.25) is 0 Å². The van der Waals surface area contributed by atoms with E-state index in [1.54, 1.807) is 18.4 Å². The number of sulfonamides is 1. The molecule has 9 heteroatoms. The lowest BCUT2D eigenvalue weighted by molar-refractivity contribution is 0.0495. The average molecular weight is 444 g/mol. The number of benzene rings is 1. The van der Waals surface area contributed by atoms with Crippen molar-refractivity contribution in [3.8, 4) is 11.5 Å². The summed E-state index contributed by atoms with van der Waals surface area (Å²) in [7, 11) is -3.56. The molecule has 1 N–H and O–H groups in total. The molecular weight excluding hydrogens is 418 g/mol. The number of piperidine rings is 1. The van der Waals surface area contributed by atoms with Crippen LogP contribution in [0.2, 0.25) is 0 Å². The molecule has 2 aromatic heterocycles. The van der Waals surface area contributed by atoms with Crippen molar-refractivity contribution >= 4 is 21.0 Å². The van der Waals surface area contributed by atoms with Crippen molar-refractivity contribution in [2.45, 2.75) is 24.0 Å². The van der Waals surface area contributed by atoms with Gasteiger partial charge in [0.25, 0.3) is 10.0 Å². The molecule has 1 fully saturated rings. The molecule has 31 heavy (non-hydrogen) atoms. The van der Waals surface area contributed by atoms with Gasteiger partial charge in [0, 0.05) is 19.3 Å². The minimum absolute atomic E-state index is 0.0489. The predicted octanol–water partition coefficient (Wildman–Crippen LogP) is 2.66. The van der Waals surface area contributed by atoms with Crippen LogP contribution in [0.25, 0.3) is 11.0 Å². The monoisotopic (exact) mass is 443 g/mol. The van der Waals surface area contributed by atoms with E-state index in [1.165, 1.54) is 12.3 Å². The van der Waals surface area contributed by atoms with Crippen LogP contribution >= 0.6 is 0 Å². The van der Waals surface area contributed by atoms with Gasteiger partial charge < -0.3 is 13.9 Å². The molecule has 0 spiro atoms. The van der Waals surface area contributed by atoms with Gasteiger partial charge in [-0.25, -0.2) is 18.1 Å². The summed E-state index contributed by atoms with van der Waals surface area (Å²) in [5.74, 6) is 1.81. The standard InChI is InChI=1S/C22H25N3O5S/c26-31(27,21-3-1-2-9-23-21)24-13-16-6-10-25(11-7-16)14-17-15-29-20-5-4-19-18(8-12-28-19)22(20)30-17/h1-5,8-9,12,16-17,24H,6-7,10-11,13-15H2/t17-/m0/s1. The fourth-order valence-corrected chi connectivity index (χ4v) is 5.24. The van der Waals surface area contributed by atoms with Gasteiger partial charge in [0.05, 0.1) is 11.6 Å². The Kier molecular flexibility index (Phi) is 5.56. The van der Waals surface area contributed by atoms with Gasteiger partial charge in [-0.15, -0.1) is 0 Å². The van der Waals surface area contributed by atoms with Crippen LogP contribution in [0, 0.1) is 5.92 Å². The molecular formula is C22H25N3O5S. The van der Waals surface area contributed by atoms with E-state index in [1.807, 2.05) is 18.2 Å². The van der Waals surface area contributed by atoms with Crippen LogP contribution in [0.4, 0.5) is 0 Å². The predicted molar refractivity (Wildman–Crippen MR) is 115 cm³/mol. The first kappa shape index (κ1) is 20.3. The van der Waals surface area contributed by atoms with Gasteiger partial charge in [0.1, 0.15) is 18.3 Å². The van der Waals surface area contributed by atoms with Crippen molar-refractivity contribution in [3.05, 3.63) is 48.9 Å². The van der Waals surface area contributed by atoms with E-state index in [-0.39, 0.29) is 11.1 Å². The number of nitrogens with zero attached hydrogens (tertiary/aromatic N) is 2. The average Bonchev–Trinajstić information content (AvgIpc) is 3.29. The molecule has 3 aromatic rings. The number of nitrogens with one attached hydrogen (secondary N) is 1. The molecule has 4 heterocycles. The summed E-state index contributed by atoms with van der Waals surface area (Å²) in [5, 5.41) is 0.995. The van der Waals surface area contributed by atoms with Crippen molar-refractivity contribution in [3.63, 3.8) is 0 Å². The smallest absolute Gasteiger partial charge is 0.258 e. The first-order valence-electron chi connectivity index (χ1n) is 10.5. The number of hydrogen-bond acceptors (Lipinski definition) is 7. The highest BCUT2D eigenvalue weighted by Crippen LogP contribution is 2.39. The molecule has 0 bridgehead atoms. The quantitative estimate of drug-likeness (QED) is 0.626. The summed E-state index contributed by atoms with van der Waals surface area (Å²) in [4.78, 5) is 6.29. The summed E-state index contributed by atoms with van der Waals surface area (Å²) in [6.07, 6.45) is 4.96. The minimum Gasteiger partial charge on any atom is -0.486 e. The molecule has 2 aliphatic heterocycles. The molecule has 1 atom stereocenters. The zero-order valence-corrected chi connectivity index (χ0v) is 17.9. The Morgan fingerprint density at radius 3 is 2.81 bits per heavy atom. The fraction of sp³-hybridized carbons (Fsp3) is 0.409. The van der Waals surface area contributed by atoms with Crippen LogP contribution in [0.3, 0.4) is 0 Å². The second-order valence-electron chi connectivity index (χ2n) is 8.04. The molecule has 0 saturated carbocycles. The number of aromatic nitrogens is 1. The molecule has 0 radical (unpaired) electrons. The van der Waals surface area contributed by atoms with E-state index < -0.39 is 10.0 Å². The first-order valence-corrected chi connectivity index (χ1v) is 12.0. The summed E-state index contributed by atoms with van der Waals surface area (Å²) in [6, 6.07) is 10.6. The molecule has 2 aliphatic rings. The highest BCUT2D eigenvalue weighted by atomic mass is 32.2. The minimum atomic E-state index is -3.56. The molecule has 164 valence electrons. The van der Waals surface area contributed by atoms with Crippen molar-refractivity contribution in [2.75, 3.05) is 32.8 Å². The van der Waals surface area contributed by atoms with E-state index in [2.05, 4.69) is 14.6 Å². The normalized spacial score (nSPS) is 20.2. The van der Waals surface area contributed by atoms with Crippen molar-refractivity contribution in [1.82, 2.24) is 14.6 Å². The maximum Gasteiger partial charge on any atom is 0.258 e. The van der Waals surface area contributed by atoms with Crippen LogP contribution in [0.1, 0.15) is 12.8 Å². The summed E-state index contributed by atoms with van der Waals surface area (Å²) in [6.45, 7) is 3.53. The highest BCUT2D eigenvalue weighted by Gasteiger charge is 2.28. The SMILES string of the molecule is O=S(=O)(NCC1CCN(C[C@H]2COc3ccc4occc4c3O2)CC1)c1ccccn1. The Morgan fingerprint density at radius 2 is 2.00 bits per heavy atom. The maximum absolute atomic E-state index is 12.4. The Bertz CT molecular complexity index is 1140. The van der Waals surface area contributed by atoms with Gasteiger partial charge in [-0.05, 0) is 62.2 Å². The molecule has 1 saturated heterocycles. The van der Waals surface area contributed by atoms with Crippen molar-refractivity contribution in [1.29, 1.82) is 0 Å². The van der Waals surface area contributed by atoms with E-state index in [0.717, 1.165) is 54.9 Å². The lowest BCUT2D eigenvalue weighted by Crippen LogP contribution is -2.45. The van der Waals surface area contributed by atoms with Gasteiger partial charge in [-0.1, -0.05) is 6.07 Å². The fourth-order valence-electron chi connectivity index (χ4n) is 4.17. The maximum atomic E-state index is 12.4. The van der Waals surface area contributed by atoms with Crippen LogP contribution in [-0.2, 0) is 10.0 Å². The van der Waals surface area contributed by atoms with Crippen LogP contribution in [-0.4, -0.2) is 57.2 Å². The van der Waals surface area contributed by atoms with Gasteiger partial charge in [-0.3, -0.25) is 4.90 Å². The number of likely N-dealkylation sites (tertiary alicyclic amines) is 1. The molecule has 0 aliphatic carbocycles. The zero-order chi connectivity index (χ0) is 21.3. The first-order chi connectivity index (χ1) is 15.1. The Hall–Kier alpha value is -2.62. The Labute approximate surface area is 181 Å². The summed E-state index contributed by atoms with van der Waals surface area (Å²) < 4.78 is 45.0. The number of ether oxygens (including phenoxy) is 2. The second kappa shape index (κ2) is 8.49. The number of fused-ring (bicyclic) bond motifs is 3. The van der Waals surface area contributed by atoms with Gasteiger partial charge in [0.15, 0.2) is 16.5 Å². The zero-order valence-electron chi connectivity index (χ0n) is 17.1. The Morgan fingerprint density at radius 1 is 1.13 bits per heavy atom. The number of rotatable bonds is 6. The summed E-state index contributed by atoms with van der Waals surface area (Å²) >= 11 is 0. The van der Waals surface area contributed by atoms with E-state index in [0.29, 0.717) is 19.1 Å². The molecule has 1 aromatic carbocycles. The Balaban J connectivity index is 1.12. The van der Waals surface area contributed by atoms with Crippen LogP contribution < -0.4 is 14.2 Å². The molecule has 5 rings (SSSR count). The molecule has 0 amide bonds.